The Balaban J connectivity index is 1.80. The van der Waals surface area contributed by atoms with E-state index >= 15 is 0 Å². The molecule has 0 radical (unpaired) electrons. The van der Waals surface area contributed by atoms with Gasteiger partial charge in [0, 0.05) is 5.02 Å². The lowest BCUT2D eigenvalue weighted by Gasteiger charge is -2.07. The van der Waals surface area contributed by atoms with Crippen LogP contribution in [-0.2, 0) is 16.1 Å². The quantitative estimate of drug-likeness (QED) is 0.918. The highest BCUT2D eigenvalue weighted by molar-refractivity contribution is 6.36. The lowest BCUT2D eigenvalue weighted by Crippen LogP contribution is -2.18. The second-order valence-electron chi connectivity index (χ2n) is 3.90. The van der Waals surface area contributed by atoms with E-state index in [1.807, 2.05) is 0 Å². The summed E-state index contributed by atoms with van der Waals surface area (Å²) in [5, 5.41) is 7.07. The molecule has 20 heavy (non-hydrogen) atoms. The molecule has 1 N–H and O–H groups in total. The molecule has 0 aliphatic heterocycles. The van der Waals surface area contributed by atoms with Crippen molar-refractivity contribution in [2.24, 2.45) is 0 Å². The van der Waals surface area contributed by atoms with Crippen molar-refractivity contribution in [2.75, 3.05) is 11.9 Å². The van der Waals surface area contributed by atoms with Crippen molar-refractivity contribution in [2.45, 2.75) is 13.5 Å². The molecule has 0 aliphatic carbocycles. The number of hydrogen-bond acceptors (Lipinski definition) is 5. The van der Waals surface area contributed by atoms with Gasteiger partial charge in [-0.1, -0.05) is 28.4 Å². The Morgan fingerprint density at radius 1 is 1.45 bits per heavy atom. The van der Waals surface area contributed by atoms with E-state index in [9.17, 15) is 4.79 Å². The fourth-order valence-electron chi connectivity index (χ4n) is 1.41. The number of nitrogens with zero attached hydrogens (tertiary/aromatic N) is 2. The topological polar surface area (TPSA) is 77.2 Å². The second-order valence-corrected chi connectivity index (χ2v) is 4.74. The molecule has 1 heterocycles. The zero-order valence-corrected chi connectivity index (χ0v) is 12.0. The maximum atomic E-state index is 11.7. The highest BCUT2D eigenvalue weighted by Gasteiger charge is 2.08. The summed E-state index contributed by atoms with van der Waals surface area (Å²) < 4.78 is 10.00. The van der Waals surface area contributed by atoms with E-state index in [1.165, 1.54) is 0 Å². The van der Waals surface area contributed by atoms with Crippen molar-refractivity contribution in [3.8, 4) is 0 Å². The molecule has 0 saturated carbocycles. The van der Waals surface area contributed by atoms with Gasteiger partial charge in [0.2, 0.25) is 5.91 Å². The first-order valence-corrected chi connectivity index (χ1v) is 6.42. The largest absolute Gasteiger partial charge is 0.362 e. The molecule has 0 spiro atoms. The number of ether oxygens (including phenoxy) is 1. The van der Waals surface area contributed by atoms with Crippen LogP contribution < -0.4 is 5.32 Å². The molecule has 0 aliphatic rings. The fourth-order valence-corrected chi connectivity index (χ4v) is 1.86. The summed E-state index contributed by atoms with van der Waals surface area (Å²) in [4.78, 5) is 15.6. The second kappa shape index (κ2) is 6.69. The first kappa shape index (κ1) is 14.8. The molecule has 2 aromatic rings. The van der Waals surface area contributed by atoms with Crippen molar-refractivity contribution in [3.05, 3.63) is 40.0 Å². The van der Waals surface area contributed by atoms with Crippen molar-refractivity contribution in [1.82, 2.24) is 10.1 Å². The van der Waals surface area contributed by atoms with Crippen LogP contribution >= 0.6 is 23.2 Å². The van der Waals surface area contributed by atoms with Crippen LogP contribution in [0.15, 0.2) is 22.7 Å². The van der Waals surface area contributed by atoms with Gasteiger partial charge in [0.15, 0.2) is 5.82 Å². The molecule has 0 saturated heterocycles. The number of anilines is 1. The van der Waals surface area contributed by atoms with Crippen molar-refractivity contribution < 1.29 is 14.1 Å². The van der Waals surface area contributed by atoms with Gasteiger partial charge in [-0.2, -0.15) is 4.98 Å². The van der Waals surface area contributed by atoms with E-state index in [2.05, 4.69) is 15.5 Å². The standard InChI is InChI=1S/C12H11Cl2N3O3/c1-7-15-12(20-17-7)6-19-5-11(18)16-10-3-2-8(13)4-9(10)14/h2-4H,5-6H2,1H3,(H,16,18). The highest BCUT2D eigenvalue weighted by Crippen LogP contribution is 2.25. The summed E-state index contributed by atoms with van der Waals surface area (Å²) in [6.07, 6.45) is 0. The number of benzene rings is 1. The van der Waals surface area contributed by atoms with Gasteiger partial charge in [-0.25, -0.2) is 0 Å². The number of carbonyl (C=O) groups is 1. The Kier molecular flexibility index (Phi) is 4.94. The average molecular weight is 316 g/mol. The number of halogens is 2. The molecular formula is C12H11Cl2N3O3. The molecule has 106 valence electrons. The fraction of sp³-hybridized carbons (Fsp3) is 0.250. The van der Waals surface area contributed by atoms with E-state index in [1.54, 1.807) is 25.1 Å². The smallest absolute Gasteiger partial charge is 0.252 e. The maximum Gasteiger partial charge on any atom is 0.252 e. The van der Waals surface area contributed by atoms with Gasteiger partial charge in [-0.3, -0.25) is 4.79 Å². The molecule has 1 amide bonds. The van der Waals surface area contributed by atoms with Crippen LogP contribution in [0.1, 0.15) is 11.7 Å². The Bertz CT molecular complexity index is 616. The summed E-state index contributed by atoms with van der Waals surface area (Å²) in [5.41, 5.74) is 0.471. The van der Waals surface area contributed by atoms with Gasteiger partial charge >= 0.3 is 0 Å². The van der Waals surface area contributed by atoms with Crippen LogP contribution in [-0.4, -0.2) is 22.7 Å². The van der Waals surface area contributed by atoms with Crippen molar-refractivity contribution in [3.63, 3.8) is 0 Å². The van der Waals surface area contributed by atoms with E-state index in [-0.39, 0.29) is 19.1 Å². The predicted octanol–water partition coefficient (Wildman–Crippen LogP) is 2.84. The first-order chi connectivity index (χ1) is 9.54. The van der Waals surface area contributed by atoms with Gasteiger partial charge in [0.25, 0.3) is 5.89 Å². The van der Waals surface area contributed by atoms with Crippen LogP contribution in [0.5, 0.6) is 0 Å². The van der Waals surface area contributed by atoms with Crippen molar-refractivity contribution in [1.29, 1.82) is 0 Å². The molecule has 1 aromatic carbocycles. The van der Waals surface area contributed by atoms with Crippen LogP contribution in [0.2, 0.25) is 10.0 Å². The van der Waals surface area contributed by atoms with Crippen LogP contribution in [0.25, 0.3) is 0 Å². The van der Waals surface area contributed by atoms with Crippen LogP contribution in [0.3, 0.4) is 0 Å². The molecule has 0 unspecified atom stereocenters. The molecule has 1 aromatic heterocycles. The van der Waals surface area contributed by atoms with E-state index in [0.717, 1.165) is 0 Å². The first-order valence-electron chi connectivity index (χ1n) is 5.66. The van der Waals surface area contributed by atoms with Gasteiger partial charge in [-0.05, 0) is 25.1 Å². The van der Waals surface area contributed by atoms with Gasteiger partial charge < -0.3 is 14.6 Å². The third kappa shape index (κ3) is 4.19. The number of hydrogen-bond donors (Lipinski definition) is 1. The van der Waals surface area contributed by atoms with E-state index in [4.69, 9.17) is 32.5 Å². The minimum Gasteiger partial charge on any atom is -0.362 e. The number of nitrogens with one attached hydrogen (secondary N) is 1. The third-order valence-electron chi connectivity index (χ3n) is 2.23. The summed E-state index contributed by atoms with van der Waals surface area (Å²) in [6, 6.07) is 4.79. The molecule has 0 atom stereocenters. The molecule has 8 heteroatoms. The summed E-state index contributed by atoms with van der Waals surface area (Å²) in [7, 11) is 0. The van der Waals surface area contributed by atoms with Gasteiger partial charge in [-0.15, -0.1) is 0 Å². The van der Waals surface area contributed by atoms with Crippen molar-refractivity contribution >= 4 is 34.8 Å². The molecule has 2 rings (SSSR count). The lowest BCUT2D eigenvalue weighted by atomic mass is 10.3. The summed E-state index contributed by atoms with van der Waals surface area (Å²) in [6.45, 7) is 1.62. The third-order valence-corrected chi connectivity index (χ3v) is 2.78. The Hall–Kier alpha value is -1.63. The number of aromatic nitrogens is 2. The predicted molar refractivity (Wildman–Crippen MR) is 73.8 cm³/mol. The summed E-state index contributed by atoms with van der Waals surface area (Å²) >= 11 is 11.7. The highest BCUT2D eigenvalue weighted by atomic mass is 35.5. The average Bonchev–Trinajstić information content (AvgIpc) is 2.79. The molecule has 0 fully saturated rings. The van der Waals surface area contributed by atoms with Gasteiger partial charge in [0.1, 0.15) is 13.2 Å². The monoisotopic (exact) mass is 315 g/mol. The zero-order chi connectivity index (χ0) is 14.5. The Morgan fingerprint density at radius 2 is 2.25 bits per heavy atom. The molecule has 6 nitrogen and oxygen atoms in total. The number of aryl methyl sites for hydroxylation is 1. The molecular weight excluding hydrogens is 305 g/mol. The normalized spacial score (nSPS) is 10.6. The minimum atomic E-state index is -0.342. The van der Waals surface area contributed by atoms with E-state index < -0.39 is 0 Å². The maximum absolute atomic E-state index is 11.7. The number of amides is 1. The summed E-state index contributed by atoms with van der Waals surface area (Å²) in [5.74, 6) is 0.492. The van der Waals surface area contributed by atoms with Gasteiger partial charge in [0.05, 0.1) is 10.7 Å². The lowest BCUT2D eigenvalue weighted by molar-refractivity contribution is -0.121. The van der Waals surface area contributed by atoms with Crippen LogP contribution in [0.4, 0.5) is 5.69 Å². The molecule has 0 bridgehead atoms. The number of carbonyl (C=O) groups excluding carboxylic acids is 1. The Morgan fingerprint density at radius 3 is 2.90 bits per heavy atom. The number of rotatable bonds is 5. The minimum absolute atomic E-state index is 0.0720. The van der Waals surface area contributed by atoms with Crippen LogP contribution in [0, 0.1) is 6.92 Å². The Labute approximate surface area is 125 Å². The zero-order valence-electron chi connectivity index (χ0n) is 10.5. The SMILES string of the molecule is Cc1noc(COCC(=O)Nc2ccc(Cl)cc2Cl)n1. The van der Waals surface area contributed by atoms with E-state index in [0.29, 0.717) is 27.4 Å².